The lowest BCUT2D eigenvalue weighted by atomic mass is 10.1. The van der Waals surface area contributed by atoms with E-state index < -0.39 is 0 Å². The molecule has 1 aromatic carbocycles. The molecule has 82 valence electrons. The molecular formula is C12H12N2O2. The number of ether oxygens (including phenoxy) is 2. The zero-order chi connectivity index (χ0) is 11.1. The van der Waals surface area contributed by atoms with Gasteiger partial charge in [0.25, 0.3) is 0 Å². The first kappa shape index (κ1) is 9.15. The summed E-state index contributed by atoms with van der Waals surface area (Å²) in [5.74, 6) is 2.16. The van der Waals surface area contributed by atoms with E-state index in [4.69, 9.17) is 20.9 Å². The van der Waals surface area contributed by atoms with Gasteiger partial charge >= 0.3 is 0 Å². The van der Waals surface area contributed by atoms with Gasteiger partial charge in [-0.05, 0) is 24.3 Å². The van der Waals surface area contributed by atoms with E-state index in [1.54, 1.807) is 12.1 Å². The molecule has 1 aromatic rings. The van der Waals surface area contributed by atoms with Crippen LogP contribution in [0.2, 0.25) is 0 Å². The van der Waals surface area contributed by atoms with E-state index in [0.29, 0.717) is 23.6 Å². The van der Waals surface area contributed by atoms with Crippen LogP contribution in [-0.4, -0.2) is 6.10 Å². The molecule has 4 heteroatoms. The van der Waals surface area contributed by atoms with Gasteiger partial charge in [-0.25, -0.2) is 0 Å². The van der Waals surface area contributed by atoms with Crippen molar-refractivity contribution in [1.29, 1.82) is 0 Å². The fraction of sp³-hybridized carbons (Fsp3) is 0.167. The molecule has 0 radical (unpaired) electrons. The van der Waals surface area contributed by atoms with Gasteiger partial charge < -0.3 is 20.9 Å². The molecule has 0 amide bonds. The van der Waals surface area contributed by atoms with Gasteiger partial charge in [-0.3, -0.25) is 0 Å². The fourth-order valence-corrected chi connectivity index (χ4v) is 1.84. The Kier molecular flexibility index (Phi) is 1.83. The van der Waals surface area contributed by atoms with E-state index in [-0.39, 0.29) is 6.10 Å². The summed E-state index contributed by atoms with van der Waals surface area (Å²) in [5.41, 5.74) is 12.9. The van der Waals surface area contributed by atoms with E-state index in [0.717, 1.165) is 11.5 Å². The van der Waals surface area contributed by atoms with E-state index in [2.05, 4.69) is 0 Å². The van der Waals surface area contributed by atoms with Gasteiger partial charge in [-0.15, -0.1) is 0 Å². The summed E-state index contributed by atoms with van der Waals surface area (Å²) in [4.78, 5) is 0. The molecule has 1 atom stereocenters. The van der Waals surface area contributed by atoms with Gasteiger partial charge in [-0.1, -0.05) is 0 Å². The first-order chi connectivity index (χ1) is 7.72. The Balaban J connectivity index is 2.01. The standard InChI is InChI=1S/C12H12N2O2/c13-7-1-3-9-11(5-7)16-12-6-8(14)2-4-10(12)15-9/h1,3-6,12H,2,13-14H2. The maximum Gasteiger partial charge on any atom is 0.176 e. The summed E-state index contributed by atoms with van der Waals surface area (Å²) in [5, 5.41) is 0. The van der Waals surface area contributed by atoms with Crippen molar-refractivity contribution in [3.63, 3.8) is 0 Å². The van der Waals surface area contributed by atoms with Crippen LogP contribution in [0.4, 0.5) is 5.69 Å². The van der Waals surface area contributed by atoms with Crippen LogP contribution in [0.25, 0.3) is 0 Å². The third-order valence-corrected chi connectivity index (χ3v) is 2.63. The average molecular weight is 216 g/mol. The van der Waals surface area contributed by atoms with Gasteiger partial charge in [0.1, 0.15) is 5.76 Å². The van der Waals surface area contributed by atoms with Crippen LogP contribution < -0.4 is 20.9 Å². The summed E-state index contributed by atoms with van der Waals surface area (Å²) in [6, 6.07) is 5.35. The summed E-state index contributed by atoms with van der Waals surface area (Å²) in [6.45, 7) is 0. The molecule has 1 aliphatic heterocycles. The highest BCUT2D eigenvalue weighted by molar-refractivity contribution is 5.54. The number of benzene rings is 1. The summed E-state index contributed by atoms with van der Waals surface area (Å²) in [7, 11) is 0. The molecule has 4 N–H and O–H groups in total. The molecular weight excluding hydrogens is 204 g/mol. The molecule has 1 heterocycles. The number of hydrogen-bond donors (Lipinski definition) is 2. The third kappa shape index (κ3) is 1.39. The topological polar surface area (TPSA) is 70.5 Å². The highest BCUT2D eigenvalue weighted by Gasteiger charge is 2.27. The minimum absolute atomic E-state index is 0.219. The highest BCUT2D eigenvalue weighted by Crippen LogP contribution is 2.38. The second kappa shape index (κ2) is 3.20. The van der Waals surface area contributed by atoms with Crippen LogP contribution in [0.3, 0.4) is 0 Å². The van der Waals surface area contributed by atoms with Gasteiger partial charge in [0, 0.05) is 23.9 Å². The number of anilines is 1. The number of fused-ring (bicyclic) bond motifs is 2. The first-order valence-electron chi connectivity index (χ1n) is 5.12. The van der Waals surface area contributed by atoms with Crippen molar-refractivity contribution in [2.24, 2.45) is 5.73 Å². The quantitative estimate of drug-likeness (QED) is 0.645. The predicted octanol–water partition coefficient (Wildman–Crippen LogP) is 1.54. The Morgan fingerprint density at radius 1 is 1.19 bits per heavy atom. The first-order valence-corrected chi connectivity index (χ1v) is 5.12. The van der Waals surface area contributed by atoms with E-state index in [1.807, 2.05) is 18.2 Å². The largest absolute Gasteiger partial charge is 0.474 e. The van der Waals surface area contributed by atoms with Crippen molar-refractivity contribution in [3.05, 3.63) is 41.8 Å². The van der Waals surface area contributed by atoms with Crippen molar-refractivity contribution in [3.8, 4) is 11.5 Å². The Morgan fingerprint density at radius 3 is 2.94 bits per heavy atom. The van der Waals surface area contributed by atoms with Crippen LogP contribution in [0.5, 0.6) is 11.5 Å². The molecule has 0 aromatic heterocycles. The summed E-state index contributed by atoms with van der Waals surface area (Å²) >= 11 is 0. The number of nitrogen functional groups attached to an aromatic ring is 1. The number of hydrogen-bond acceptors (Lipinski definition) is 4. The van der Waals surface area contributed by atoms with Crippen molar-refractivity contribution in [2.75, 3.05) is 5.73 Å². The Morgan fingerprint density at radius 2 is 2.06 bits per heavy atom. The van der Waals surface area contributed by atoms with E-state index in [1.165, 1.54) is 0 Å². The van der Waals surface area contributed by atoms with Crippen LogP contribution >= 0.6 is 0 Å². The highest BCUT2D eigenvalue weighted by atomic mass is 16.6. The van der Waals surface area contributed by atoms with Crippen molar-refractivity contribution in [1.82, 2.24) is 0 Å². The van der Waals surface area contributed by atoms with Gasteiger partial charge in [0.2, 0.25) is 0 Å². The molecule has 0 fully saturated rings. The molecule has 3 rings (SSSR count). The lowest BCUT2D eigenvalue weighted by molar-refractivity contribution is 0.177. The number of rotatable bonds is 0. The Hall–Kier alpha value is -2.10. The lowest BCUT2D eigenvalue weighted by Crippen LogP contribution is -2.28. The molecule has 0 saturated carbocycles. The molecule has 1 aliphatic carbocycles. The molecule has 2 aliphatic rings. The maximum atomic E-state index is 5.76. The monoisotopic (exact) mass is 216 g/mol. The zero-order valence-corrected chi connectivity index (χ0v) is 8.64. The van der Waals surface area contributed by atoms with Crippen LogP contribution in [0.15, 0.2) is 41.8 Å². The molecule has 1 unspecified atom stereocenters. The van der Waals surface area contributed by atoms with Gasteiger partial charge in [0.05, 0.1) is 0 Å². The zero-order valence-electron chi connectivity index (χ0n) is 8.64. The summed E-state index contributed by atoms with van der Waals surface area (Å²) < 4.78 is 11.5. The maximum absolute atomic E-state index is 5.76. The van der Waals surface area contributed by atoms with Crippen molar-refractivity contribution in [2.45, 2.75) is 12.5 Å². The van der Waals surface area contributed by atoms with Crippen LogP contribution in [-0.2, 0) is 0 Å². The Labute approximate surface area is 93.1 Å². The summed E-state index contributed by atoms with van der Waals surface area (Å²) in [6.07, 6.45) is 4.29. The van der Waals surface area contributed by atoms with Crippen LogP contribution in [0.1, 0.15) is 6.42 Å². The number of nitrogens with two attached hydrogens (primary N) is 2. The second-order valence-corrected chi connectivity index (χ2v) is 3.90. The Bertz CT molecular complexity index is 506. The smallest absolute Gasteiger partial charge is 0.176 e. The molecule has 0 saturated heterocycles. The minimum atomic E-state index is -0.219. The molecule has 0 spiro atoms. The predicted molar refractivity (Wildman–Crippen MR) is 60.9 cm³/mol. The van der Waals surface area contributed by atoms with Crippen molar-refractivity contribution >= 4 is 5.69 Å². The molecule has 16 heavy (non-hydrogen) atoms. The van der Waals surface area contributed by atoms with Crippen LogP contribution in [0, 0.1) is 0 Å². The van der Waals surface area contributed by atoms with Crippen molar-refractivity contribution < 1.29 is 9.47 Å². The van der Waals surface area contributed by atoms with Gasteiger partial charge in [0.15, 0.2) is 17.6 Å². The minimum Gasteiger partial charge on any atom is -0.474 e. The fourth-order valence-electron chi connectivity index (χ4n) is 1.84. The third-order valence-electron chi connectivity index (χ3n) is 2.63. The number of allylic oxidation sites excluding steroid dienone is 1. The second-order valence-electron chi connectivity index (χ2n) is 3.90. The molecule has 0 bridgehead atoms. The average Bonchev–Trinajstić information content (AvgIpc) is 2.26. The SMILES string of the molecule is NC1=CC2Oc3cc(N)ccc3OC2=CC1. The molecule has 4 nitrogen and oxygen atoms in total. The normalized spacial score (nSPS) is 21.9. The van der Waals surface area contributed by atoms with Gasteiger partial charge in [-0.2, -0.15) is 0 Å². The van der Waals surface area contributed by atoms with E-state index in [9.17, 15) is 0 Å². The lowest BCUT2D eigenvalue weighted by Gasteiger charge is -2.29. The van der Waals surface area contributed by atoms with E-state index >= 15 is 0 Å².